The lowest BCUT2D eigenvalue weighted by atomic mass is 9.97. The second kappa shape index (κ2) is 6.15. The fraction of sp³-hybridized carbons (Fsp3) is 0.600. The molecule has 1 aliphatic carbocycles. The summed E-state index contributed by atoms with van der Waals surface area (Å²) < 4.78 is 0. The van der Waals surface area contributed by atoms with Gasteiger partial charge in [-0.15, -0.1) is 0 Å². The molecule has 0 aliphatic heterocycles. The van der Waals surface area contributed by atoms with E-state index in [0.29, 0.717) is 18.5 Å². The summed E-state index contributed by atoms with van der Waals surface area (Å²) in [6, 6.07) is 4.54. The van der Waals surface area contributed by atoms with Gasteiger partial charge in [0, 0.05) is 12.2 Å². The van der Waals surface area contributed by atoms with Crippen molar-refractivity contribution in [2.45, 2.75) is 45.7 Å². The molecule has 0 saturated heterocycles. The Bertz CT molecular complexity index is 441. The Labute approximate surface area is 115 Å². The van der Waals surface area contributed by atoms with Crippen LogP contribution >= 0.6 is 0 Å². The van der Waals surface area contributed by atoms with Crippen LogP contribution in [0.1, 0.15) is 44.0 Å². The maximum atomic E-state index is 11.7. The third-order valence-corrected chi connectivity index (χ3v) is 3.44. The number of nitrogens with one attached hydrogen (secondary N) is 2. The maximum absolute atomic E-state index is 11.7. The lowest BCUT2D eigenvalue weighted by Gasteiger charge is -2.23. The van der Waals surface area contributed by atoms with E-state index in [-0.39, 0.29) is 11.9 Å². The molecule has 1 aromatic rings. The molecule has 1 aromatic heterocycles. The minimum Gasteiger partial charge on any atom is -0.352 e. The van der Waals surface area contributed by atoms with Crippen LogP contribution < -0.4 is 10.6 Å². The molecule has 1 aliphatic rings. The van der Waals surface area contributed by atoms with Gasteiger partial charge in [-0.1, -0.05) is 19.9 Å². The molecule has 1 amide bonds. The van der Waals surface area contributed by atoms with Gasteiger partial charge in [0.1, 0.15) is 0 Å². The van der Waals surface area contributed by atoms with Gasteiger partial charge in [-0.25, -0.2) is 0 Å². The maximum Gasteiger partial charge on any atom is 0.234 e. The van der Waals surface area contributed by atoms with E-state index in [0.717, 1.165) is 24.1 Å². The topological polar surface area (TPSA) is 54.0 Å². The minimum atomic E-state index is 0.0849. The Morgan fingerprint density at radius 3 is 2.79 bits per heavy atom. The molecule has 19 heavy (non-hydrogen) atoms. The van der Waals surface area contributed by atoms with Crippen molar-refractivity contribution in [3.05, 3.63) is 29.6 Å². The quantitative estimate of drug-likeness (QED) is 0.823. The number of hydrogen-bond donors (Lipinski definition) is 2. The van der Waals surface area contributed by atoms with E-state index < -0.39 is 0 Å². The molecular weight excluding hydrogens is 238 g/mol. The van der Waals surface area contributed by atoms with Crippen molar-refractivity contribution < 1.29 is 4.79 Å². The molecule has 104 valence electrons. The highest BCUT2D eigenvalue weighted by atomic mass is 16.2. The Morgan fingerprint density at radius 1 is 1.47 bits per heavy atom. The summed E-state index contributed by atoms with van der Waals surface area (Å²) in [7, 11) is 0. The second-order valence-corrected chi connectivity index (χ2v) is 5.65. The monoisotopic (exact) mass is 261 g/mol. The molecule has 0 spiro atoms. The summed E-state index contributed by atoms with van der Waals surface area (Å²) in [5, 5.41) is 6.33. The van der Waals surface area contributed by atoms with Crippen molar-refractivity contribution in [1.82, 2.24) is 15.6 Å². The first-order valence-corrected chi connectivity index (χ1v) is 7.02. The van der Waals surface area contributed by atoms with Gasteiger partial charge in [-0.05, 0) is 37.3 Å². The number of nitrogens with zero attached hydrogens (tertiary/aromatic N) is 1. The number of pyridine rings is 1. The van der Waals surface area contributed by atoms with Gasteiger partial charge in [0.25, 0.3) is 0 Å². The summed E-state index contributed by atoms with van der Waals surface area (Å²) in [6.45, 7) is 6.70. The third-order valence-electron chi connectivity index (χ3n) is 3.44. The van der Waals surface area contributed by atoms with Crippen LogP contribution in [0.5, 0.6) is 0 Å². The first-order valence-electron chi connectivity index (χ1n) is 7.02. The van der Waals surface area contributed by atoms with Crippen molar-refractivity contribution in [1.29, 1.82) is 0 Å². The Balaban J connectivity index is 1.96. The van der Waals surface area contributed by atoms with Crippen molar-refractivity contribution in [2.75, 3.05) is 6.54 Å². The molecule has 2 N–H and O–H groups in total. The van der Waals surface area contributed by atoms with Gasteiger partial charge in [0.05, 0.1) is 18.3 Å². The van der Waals surface area contributed by atoms with Crippen molar-refractivity contribution in [2.24, 2.45) is 5.92 Å². The predicted molar refractivity (Wildman–Crippen MR) is 75.7 cm³/mol. The van der Waals surface area contributed by atoms with Gasteiger partial charge < -0.3 is 5.32 Å². The van der Waals surface area contributed by atoms with Crippen LogP contribution in [0.3, 0.4) is 0 Å². The van der Waals surface area contributed by atoms with Crippen molar-refractivity contribution in [3.8, 4) is 0 Å². The van der Waals surface area contributed by atoms with Gasteiger partial charge in [0.2, 0.25) is 5.91 Å². The molecule has 1 heterocycles. The second-order valence-electron chi connectivity index (χ2n) is 5.65. The van der Waals surface area contributed by atoms with Crippen LogP contribution in [0.2, 0.25) is 0 Å². The standard InChI is InChI=1S/C15H23N3O/c1-10(2)14(15-11(3)5-4-8-16-15)17-9-13(19)18-12-6-7-12/h4-5,8,10,12,14,17H,6-7,9H2,1-3H3,(H,18,19). The zero-order valence-corrected chi connectivity index (χ0v) is 11.9. The SMILES string of the molecule is Cc1cccnc1C(NCC(=O)NC1CC1)C(C)C. The van der Waals surface area contributed by atoms with E-state index in [1.165, 1.54) is 0 Å². The summed E-state index contributed by atoms with van der Waals surface area (Å²) >= 11 is 0. The number of hydrogen-bond acceptors (Lipinski definition) is 3. The average Bonchev–Trinajstić information content (AvgIpc) is 3.15. The van der Waals surface area contributed by atoms with E-state index in [2.05, 4.69) is 42.5 Å². The molecule has 4 nitrogen and oxygen atoms in total. The van der Waals surface area contributed by atoms with Gasteiger partial charge in [0.15, 0.2) is 0 Å². The fourth-order valence-corrected chi connectivity index (χ4v) is 2.18. The third kappa shape index (κ3) is 4.03. The lowest BCUT2D eigenvalue weighted by Crippen LogP contribution is -2.38. The van der Waals surface area contributed by atoms with Gasteiger partial charge in [-0.2, -0.15) is 0 Å². The van der Waals surface area contributed by atoms with Crippen LogP contribution in [0, 0.1) is 12.8 Å². The highest BCUT2D eigenvalue weighted by Crippen LogP contribution is 2.22. The molecule has 1 saturated carbocycles. The minimum absolute atomic E-state index is 0.0849. The molecule has 1 unspecified atom stereocenters. The summed E-state index contributed by atoms with van der Waals surface area (Å²) in [5.41, 5.74) is 2.20. The number of amides is 1. The number of rotatable bonds is 6. The zero-order valence-electron chi connectivity index (χ0n) is 11.9. The molecular formula is C15H23N3O. The highest BCUT2D eigenvalue weighted by Gasteiger charge is 2.24. The Morgan fingerprint density at radius 2 is 2.21 bits per heavy atom. The Hall–Kier alpha value is -1.42. The van der Waals surface area contributed by atoms with Gasteiger partial charge >= 0.3 is 0 Å². The number of aryl methyl sites for hydroxylation is 1. The summed E-state index contributed by atoms with van der Waals surface area (Å²) in [6.07, 6.45) is 4.06. The smallest absolute Gasteiger partial charge is 0.234 e. The molecule has 1 fully saturated rings. The van der Waals surface area contributed by atoms with Gasteiger partial charge in [-0.3, -0.25) is 15.1 Å². The highest BCUT2D eigenvalue weighted by molar-refractivity contribution is 5.78. The van der Waals surface area contributed by atoms with Crippen molar-refractivity contribution in [3.63, 3.8) is 0 Å². The van der Waals surface area contributed by atoms with Crippen LogP contribution in [0.15, 0.2) is 18.3 Å². The van der Waals surface area contributed by atoms with E-state index in [1.807, 2.05) is 12.3 Å². The summed E-state index contributed by atoms with van der Waals surface area (Å²) in [4.78, 5) is 16.2. The average molecular weight is 261 g/mol. The van der Waals surface area contributed by atoms with E-state index in [9.17, 15) is 4.79 Å². The molecule has 2 rings (SSSR count). The van der Waals surface area contributed by atoms with E-state index >= 15 is 0 Å². The molecule has 0 radical (unpaired) electrons. The predicted octanol–water partition coefficient (Wildman–Crippen LogP) is 1.96. The van der Waals surface area contributed by atoms with E-state index in [1.54, 1.807) is 0 Å². The lowest BCUT2D eigenvalue weighted by molar-refractivity contribution is -0.120. The van der Waals surface area contributed by atoms with E-state index in [4.69, 9.17) is 0 Å². The fourth-order valence-electron chi connectivity index (χ4n) is 2.18. The Kier molecular flexibility index (Phi) is 4.53. The molecule has 4 heteroatoms. The first-order chi connectivity index (χ1) is 9.08. The number of carbonyl (C=O) groups is 1. The first kappa shape index (κ1) is 14.0. The van der Waals surface area contributed by atoms with Crippen LogP contribution in [0.25, 0.3) is 0 Å². The molecule has 1 atom stereocenters. The van der Waals surface area contributed by atoms with Crippen LogP contribution in [0.4, 0.5) is 0 Å². The van der Waals surface area contributed by atoms with Crippen LogP contribution in [-0.2, 0) is 4.79 Å². The van der Waals surface area contributed by atoms with Crippen LogP contribution in [-0.4, -0.2) is 23.5 Å². The summed E-state index contributed by atoms with van der Waals surface area (Å²) in [5.74, 6) is 0.476. The number of carbonyl (C=O) groups excluding carboxylic acids is 1. The normalized spacial score (nSPS) is 16.4. The molecule has 0 aromatic carbocycles. The largest absolute Gasteiger partial charge is 0.352 e. The molecule has 0 bridgehead atoms. The zero-order chi connectivity index (χ0) is 13.8. The number of aromatic nitrogens is 1. The van der Waals surface area contributed by atoms with Crippen molar-refractivity contribution >= 4 is 5.91 Å².